The summed E-state index contributed by atoms with van der Waals surface area (Å²) in [4.78, 5) is 29.0. The molecule has 1 atom stereocenters. The van der Waals surface area contributed by atoms with Gasteiger partial charge in [0.25, 0.3) is 5.91 Å². The second kappa shape index (κ2) is 7.00. The van der Waals surface area contributed by atoms with Gasteiger partial charge in [-0.05, 0) is 39.0 Å². The third-order valence-electron chi connectivity index (χ3n) is 6.60. The summed E-state index contributed by atoms with van der Waals surface area (Å²) in [6, 6.07) is -0.0684. The first-order valence-corrected chi connectivity index (χ1v) is 10.6. The summed E-state index contributed by atoms with van der Waals surface area (Å²) in [6.07, 6.45) is 5.93. The van der Waals surface area contributed by atoms with Crippen LogP contribution >= 0.6 is 0 Å². The molecule has 1 saturated heterocycles. The Balaban J connectivity index is 1.44. The first kappa shape index (κ1) is 18.4. The Morgan fingerprint density at radius 1 is 1.07 bits per heavy atom. The molecule has 0 radical (unpaired) electrons. The van der Waals surface area contributed by atoms with E-state index in [0.717, 1.165) is 79.4 Å². The van der Waals surface area contributed by atoms with Crippen LogP contribution in [0.1, 0.15) is 77.7 Å². The van der Waals surface area contributed by atoms with Crippen molar-refractivity contribution in [1.29, 1.82) is 0 Å². The van der Waals surface area contributed by atoms with Crippen molar-refractivity contribution in [1.82, 2.24) is 24.6 Å². The molecule has 1 fully saturated rings. The number of hydrogen-bond donors (Lipinski definition) is 0. The lowest BCUT2D eigenvalue weighted by atomic mass is 9.94. The first-order chi connectivity index (χ1) is 14.0. The average Bonchev–Trinajstić information content (AvgIpc) is 3.42. The standard InChI is InChI=1S/C21H27N5O3/c1-13-19(15-6-3-4-8-17(15)29-13)21(28)25-9-5-7-16(25)20-23-22-18-12-24(14(2)27)10-11-26(18)20/h16H,3-12H2,1-2H3. The lowest BCUT2D eigenvalue weighted by Crippen LogP contribution is -2.38. The van der Waals surface area contributed by atoms with E-state index < -0.39 is 0 Å². The molecule has 154 valence electrons. The molecule has 1 unspecified atom stereocenters. The van der Waals surface area contributed by atoms with Gasteiger partial charge in [0.1, 0.15) is 11.5 Å². The lowest BCUT2D eigenvalue weighted by molar-refractivity contribution is -0.130. The van der Waals surface area contributed by atoms with Gasteiger partial charge >= 0.3 is 0 Å². The molecule has 5 rings (SSSR count). The van der Waals surface area contributed by atoms with Crippen molar-refractivity contribution >= 4 is 11.8 Å². The lowest BCUT2D eigenvalue weighted by Gasteiger charge is -2.29. The minimum absolute atomic E-state index is 0.0543. The van der Waals surface area contributed by atoms with Crippen LogP contribution in [0.4, 0.5) is 0 Å². The van der Waals surface area contributed by atoms with E-state index in [1.165, 1.54) is 0 Å². The van der Waals surface area contributed by atoms with Gasteiger partial charge in [-0.25, -0.2) is 0 Å². The van der Waals surface area contributed by atoms with Gasteiger partial charge in [-0.1, -0.05) is 0 Å². The zero-order valence-corrected chi connectivity index (χ0v) is 17.1. The van der Waals surface area contributed by atoms with E-state index in [-0.39, 0.29) is 17.9 Å². The molecule has 1 aliphatic carbocycles. The Labute approximate surface area is 169 Å². The molecule has 2 amide bonds. The number of hydrogen-bond acceptors (Lipinski definition) is 5. The number of fused-ring (bicyclic) bond motifs is 2. The maximum atomic E-state index is 13.6. The highest BCUT2D eigenvalue weighted by Crippen LogP contribution is 2.36. The van der Waals surface area contributed by atoms with Gasteiger partial charge in [-0.2, -0.15) is 0 Å². The highest BCUT2D eigenvalue weighted by atomic mass is 16.3. The largest absolute Gasteiger partial charge is 0.465 e. The fraction of sp³-hybridized carbons (Fsp3) is 0.619. The van der Waals surface area contributed by atoms with E-state index in [2.05, 4.69) is 14.8 Å². The monoisotopic (exact) mass is 397 g/mol. The van der Waals surface area contributed by atoms with Gasteiger partial charge < -0.3 is 18.8 Å². The number of carbonyl (C=O) groups excluding carboxylic acids is 2. The van der Waals surface area contributed by atoms with E-state index in [1.54, 1.807) is 11.8 Å². The van der Waals surface area contributed by atoms with Gasteiger partial charge in [0.05, 0.1) is 18.2 Å². The molecule has 29 heavy (non-hydrogen) atoms. The number of carbonyl (C=O) groups is 2. The molecule has 2 aromatic rings. The van der Waals surface area contributed by atoms with E-state index in [9.17, 15) is 9.59 Å². The van der Waals surface area contributed by atoms with Crippen molar-refractivity contribution in [3.63, 3.8) is 0 Å². The Morgan fingerprint density at radius 2 is 1.90 bits per heavy atom. The Bertz CT molecular complexity index is 975. The summed E-state index contributed by atoms with van der Waals surface area (Å²) in [6.45, 7) is 6.03. The molecule has 8 nitrogen and oxygen atoms in total. The van der Waals surface area contributed by atoms with Crippen LogP contribution in [0, 0.1) is 6.92 Å². The highest BCUT2D eigenvalue weighted by Gasteiger charge is 2.38. The molecule has 2 aromatic heterocycles. The van der Waals surface area contributed by atoms with Gasteiger partial charge in [0, 0.05) is 38.5 Å². The predicted molar refractivity (Wildman–Crippen MR) is 104 cm³/mol. The molecule has 4 heterocycles. The molecule has 0 bridgehead atoms. The Morgan fingerprint density at radius 3 is 2.72 bits per heavy atom. The van der Waals surface area contributed by atoms with E-state index in [0.29, 0.717) is 19.6 Å². The summed E-state index contributed by atoms with van der Waals surface area (Å²) in [5, 5.41) is 8.80. The predicted octanol–water partition coefficient (Wildman–Crippen LogP) is 2.40. The fourth-order valence-corrected chi connectivity index (χ4v) is 5.10. The molecule has 0 saturated carbocycles. The van der Waals surface area contributed by atoms with Crippen molar-refractivity contribution in [2.45, 2.75) is 71.5 Å². The molecule has 8 heteroatoms. The summed E-state index contributed by atoms with van der Waals surface area (Å²) >= 11 is 0. The van der Waals surface area contributed by atoms with Gasteiger partial charge in [0.15, 0.2) is 11.6 Å². The quantitative estimate of drug-likeness (QED) is 0.777. The van der Waals surface area contributed by atoms with Crippen molar-refractivity contribution in [2.24, 2.45) is 0 Å². The maximum Gasteiger partial charge on any atom is 0.258 e. The van der Waals surface area contributed by atoms with Gasteiger partial charge in [-0.3, -0.25) is 9.59 Å². The number of furan rings is 1. The minimum atomic E-state index is -0.0684. The molecule has 3 aliphatic rings. The minimum Gasteiger partial charge on any atom is -0.465 e. The summed E-state index contributed by atoms with van der Waals surface area (Å²) in [7, 11) is 0. The van der Waals surface area contributed by atoms with Crippen molar-refractivity contribution in [3.05, 3.63) is 34.3 Å². The summed E-state index contributed by atoms with van der Waals surface area (Å²) in [5.41, 5.74) is 1.89. The second-order valence-corrected chi connectivity index (χ2v) is 8.37. The third-order valence-corrected chi connectivity index (χ3v) is 6.60. The first-order valence-electron chi connectivity index (χ1n) is 10.6. The van der Waals surface area contributed by atoms with Crippen molar-refractivity contribution < 1.29 is 14.0 Å². The normalized spacial score (nSPS) is 21.2. The van der Waals surface area contributed by atoms with Crippen LogP contribution in [0.5, 0.6) is 0 Å². The molecule has 0 spiro atoms. The van der Waals surface area contributed by atoms with Gasteiger partial charge in [0.2, 0.25) is 5.91 Å². The van der Waals surface area contributed by atoms with Crippen LogP contribution in [-0.4, -0.2) is 49.5 Å². The summed E-state index contributed by atoms with van der Waals surface area (Å²) in [5.74, 6) is 3.51. The molecule has 2 aliphatic heterocycles. The Kier molecular flexibility index (Phi) is 4.44. The van der Waals surface area contributed by atoms with Crippen LogP contribution in [0.15, 0.2) is 4.42 Å². The maximum absolute atomic E-state index is 13.6. The Hall–Kier alpha value is -2.64. The third kappa shape index (κ3) is 2.96. The number of aryl methyl sites for hydroxylation is 2. The van der Waals surface area contributed by atoms with Gasteiger partial charge in [-0.15, -0.1) is 10.2 Å². The molecule has 0 aromatic carbocycles. The van der Waals surface area contributed by atoms with Crippen LogP contribution in [0.2, 0.25) is 0 Å². The van der Waals surface area contributed by atoms with E-state index in [4.69, 9.17) is 4.42 Å². The number of aromatic nitrogens is 3. The SMILES string of the molecule is CC(=O)N1CCn2c(nnc2C2CCCN2C(=O)c2c(C)oc3c2CCCC3)C1. The molecular formula is C21H27N5O3. The highest BCUT2D eigenvalue weighted by molar-refractivity contribution is 5.97. The van der Waals surface area contributed by atoms with E-state index in [1.807, 2.05) is 11.8 Å². The number of likely N-dealkylation sites (tertiary alicyclic amines) is 1. The van der Waals surface area contributed by atoms with E-state index >= 15 is 0 Å². The number of nitrogens with zero attached hydrogens (tertiary/aromatic N) is 5. The smallest absolute Gasteiger partial charge is 0.258 e. The van der Waals surface area contributed by atoms with Crippen LogP contribution in [-0.2, 0) is 30.7 Å². The van der Waals surface area contributed by atoms with Crippen molar-refractivity contribution in [2.75, 3.05) is 13.1 Å². The molecular weight excluding hydrogens is 370 g/mol. The topological polar surface area (TPSA) is 84.5 Å². The number of rotatable bonds is 2. The molecule has 0 N–H and O–H groups in total. The average molecular weight is 397 g/mol. The zero-order chi connectivity index (χ0) is 20.1. The summed E-state index contributed by atoms with van der Waals surface area (Å²) < 4.78 is 8.05. The van der Waals surface area contributed by atoms with Crippen LogP contribution < -0.4 is 0 Å². The zero-order valence-electron chi connectivity index (χ0n) is 17.1. The van der Waals surface area contributed by atoms with Crippen LogP contribution in [0.3, 0.4) is 0 Å². The van der Waals surface area contributed by atoms with Crippen molar-refractivity contribution in [3.8, 4) is 0 Å². The van der Waals surface area contributed by atoms with Crippen LogP contribution in [0.25, 0.3) is 0 Å². The second-order valence-electron chi connectivity index (χ2n) is 8.37. The number of amides is 2. The fourth-order valence-electron chi connectivity index (χ4n) is 5.10.